The van der Waals surface area contributed by atoms with Gasteiger partial charge in [0, 0.05) is 38.0 Å². The maximum Gasteiger partial charge on any atom is 0.262 e. The summed E-state index contributed by atoms with van der Waals surface area (Å²) in [4.78, 5) is 13.1. The molecule has 0 aliphatic heterocycles. The number of carbonyl (C=O) groups is 1. The fourth-order valence-electron chi connectivity index (χ4n) is 1.65. The molecule has 0 atom stereocenters. The first-order valence-electron chi connectivity index (χ1n) is 5.86. The Morgan fingerprint density at radius 3 is 2.62 bits per heavy atom. The number of halogens is 3. The predicted molar refractivity (Wildman–Crippen MR) is 80.6 cm³/mol. The van der Waals surface area contributed by atoms with E-state index in [4.69, 9.17) is 15.4 Å². The summed E-state index contributed by atoms with van der Waals surface area (Å²) >= 11 is 3.00. The lowest BCUT2D eigenvalue weighted by Crippen LogP contribution is -2.29. The molecule has 0 spiro atoms. The Morgan fingerprint density at radius 1 is 1.48 bits per heavy atom. The van der Waals surface area contributed by atoms with E-state index in [2.05, 4.69) is 15.9 Å². The lowest BCUT2D eigenvalue weighted by Gasteiger charge is -2.18. The molecule has 0 N–H and O–H groups in total. The van der Waals surface area contributed by atoms with E-state index in [9.17, 15) is 17.6 Å². The van der Waals surface area contributed by atoms with Crippen molar-refractivity contribution in [3.05, 3.63) is 28.0 Å². The minimum absolute atomic E-state index is 0.0532. The SMILES string of the molecule is COCCCN(C)C(=O)c1cc(F)cc(S(=O)(=O)Cl)c1Br. The van der Waals surface area contributed by atoms with Crippen LogP contribution in [-0.4, -0.2) is 46.5 Å². The Morgan fingerprint density at radius 2 is 2.10 bits per heavy atom. The molecule has 5 nitrogen and oxygen atoms in total. The van der Waals surface area contributed by atoms with E-state index in [-0.39, 0.29) is 10.0 Å². The molecule has 0 aliphatic carbocycles. The normalized spacial score (nSPS) is 11.5. The lowest BCUT2D eigenvalue weighted by molar-refractivity contribution is 0.0777. The van der Waals surface area contributed by atoms with Gasteiger partial charge in [0.15, 0.2) is 0 Å². The summed E-state index contributed by atoms with van der Waals surface area (Å²) in [6.07, 6.45) is 0.604. The van der Waals surface area contributed by atoms with Gasteiger partial charge in [0.25, 0.3) is 15.0 Å². The largest absolute Gasteiger partial charge is 0.385 e. The molecule has 0 fully saturated rings. The van der Waals surface area contributed by atoms with Crippen molar-refractivity contribution in [2.45, 2.75) is 11.3 Å². The highest BCUT2D eigenvalue weighted by molar-refractivity contribution is 9.10. The maximum atomic E-state index is 13.5. The highest BCUT2D eigenvalue weighted by Crippen LogP contribution is 2.30. The molecule has 0 aliphatic rings. The Kier molecular flexibility index (Phi) is 6.58. The molecule has 0 bridgehead atoms. The summed E-state index contributed by atoms with van der Waals surface area (Å²) in [5.41, 5.74) is -0.103. The zero-order chi connectivity index (χ0) is 16.2. The number of carbonyl (C=O) groups excluding carboxylic acids is 1. The Balaban J connectivity index is 3.13. The van der Waals surface area contributed by atoms with E-state index in [0.29, 0.717) is 19.6 Å². The topological polar surface area (TPSA) is 63.7 Å². The van der Waals surface area contributed by atoms with Crippen LogP contribution in [0.15, 0.2) is 21.5 Å². The molecule has 1 aromatic carbocycles. The first kappa shape index (κ1) is 18.3. The quantitative estimate of drug-likeness (QED) is 0.542. The van der Waals surface area contributed by atoms with Gasteiger partial charge in [0.1, 0.15) is 10.7 Å². The summed E-state index contributed by atoms with van der Waals surface area (Å²) in [5, 5.41) is 0. The molecule has 0 saturated carbocycles. The van der Waals surface area contributed by atoms with Gasteiger partial charge < -0.3 is 9.64 Å². The smallest absolute Gasteiger partial charge is 0.262 e. The Bertz CT molecular complexity index is 638. The van der Waals surface area contributed by atoms with Crippen LogP contribution in [0.3, 0.4) is 0 Å². The van der Waals surface area contributed by atoms with Gasteiger partial charge in [-0.15, -0.1) is 0 Å². The molecule has 21 heavy (non-hydrogen) atoms. The summed E-state index contributed by atoms with van der Waals surface area (Å²) in [6, 6.07) is 1.72. The molecule has 9 heteroatoms. The molecule has 0 heterocycles. The third kappa shape index (κ3) is 4.91. The van der Waals surface area contributed by atoms with Gasteiger partial charge in [-0.1, -0.05) is 0 Å². The van der Waals surface area contributed by atoms with E-state index in [1.54, 1.807) is 7.11 Å². The zero-order valence-electron chi connectivity index (χ0n) is 11.4. The van der Waals surface area contributed by atoms with Crippen molar-refractivity contribution < 1.29 is 22.3 Å². The fraction of sp³-hybridized carbons (Fsp3) is 0.417. The number of nitrogens with zero attached hydrogens (tertiary/aromatic N) is 1. The van der Waals surface area contributed by atoms with Crippen LogP contribution in [0.1, 0.15) is 16.8 Å². The molecule has 0 radical (unpaired) electrons. The molecule has 1 rings (SSSR count). The highest BCUT2D eigenvalue weighted by Gasteiger charge is 2.24. The molecule has 0 unspecified atom stereocenters. The van der Waals surface area contributed by atoms with Crippen molar-refractivity contribution in [1.29, 1.82) is 0 Å². The van der Waals surface area contributed by atoms with Crippen LogP contribution >= 0.6 is 26.6 Å². The first-order chi connectivity index (χ1) is 9.68. The average Bonchev–Trinajstić information content (AvgIpc) is 2.39. The van der Waals surface area contributed by atoms with Crippen LogP contribution < -0.4 is 0 Å². The van der Waals surface area contributed by atoms with Crippen molar-refractivity contribution in [2.75, 3.05) is 27.3 Å². The van der Waals surface area contributed by atoms with Gasteiger partial charge in [-0.3, -0.25) is 4.79 Å². The Labute approximate surface area is 135 Å². The van der Waals surface area contributed by atoms with Gasteiger partial charge in [0.2, 0.25) is 0 Å². The van der Waals surface area contributed by atoms with Crippen LogP contribution in [0.5, 0.6) is 0 Å². The maximum absolute atomic E-state index is 13.5. The number of hydrogen-bond donors (Lipinski definition) is 0. The van der Waals surface area contributed by atoms with Gasteiger partial charge in [0.05, 0.1) is 10.0 Å². The van der Waals surface area contributed by atoms with Gasteiger partial charge >= 0.3 is 0 Å². The molecule has 118 valence electrons. The summed E-state index contributed by atoms with van der Waals surface area (Å²) in [7, 11) is 4.14. The second kappa shape index (κ2) is 7.53. The monoisotopic (exact) mass is 401 g/mol. The van der Waals surface area contributed by atoms with Crippen LogP contribution in [0.25, 0.3) is 0 Å². The van der Waals surface area contributed by atoms with Crippen molar-refractivity contribution in [3.8, 4) is 0 Å². The standard InChI is InChI=1S/C12H14BrClFNO4S/c1-16(4-3-5-20-2)12(17)9-6-8(15)7-10(11(9)13)21(14,18)19/h6-7H,3-5H2,1-2H3. The van der Waals surface area contributed by atoms with Crippen LogP contribution in [-0.2, 0) is 13.8 Å². The van der Waals surface area contributed by atoms with Gasteiger partial charge in [-0.05, 0) is 34.5 Å². The third-order valence-electron chi connectivity index (χ3n) is 2.69. The molecular formula is C12H14BrClFNO4S. The van der Waals surface area contributed by atoms with Crippen molar-refractivity contribution in [1.82, 2.24) is 4.90 Å². The van der Waals surface area contributed by atoms with E-state index in [0.717, 1.165) is 12.1 Å². The van der Waals surface area contributed by atoms with Crippen LogP contribution in [0.4, 0.5) is 4.39 Å². The molecular weight excluding hydrogens is 389 g/mol. The van der Waals surface area contributed by atoms with Crippen molar-refractivity contribution in [3.63, 3.8) is 0 Å². The van der Waals surface area contributed by atoms with Crippen LogP contribution in [0, 0.1) is 5.82 Å². The number of methoxy groups -OCH3 is 1. The van der Waals surface area contributed by atoms with E-state index < -0.39 is 25.7 Å². The van der Waals surface area contributed by atoms with Crippen LogP contribution in [0.2, 0.25) is 0 Å². The number of amides is 1. The minimum atomic E-state index is -4.16. The fourth-order valence-corrected chi connectivity index (χ4v) is 3.91. The molecule has 0 aromatic heterocycles. The van der Waals surface area contributed by atoms with Crippen molar-refractivity contribution in [2.24, 2.45) is 0 Å². The minimum Gasteiger partial charge on any atom is -0.385 e. The molecule has 1 amide bonds. The summed E-state index contributed by atoms with van der Waals surface area (Å²) in [6.45, 7) is 0.863. The van der Waals surface area contributed by atoms with Crippen molar-refractivity contribution >= 4 is 41.6 Å². The zero-order valence-corrected chi connectivity index (χ0v) is 14.6. The lowest BCUT2D eigenvalue weighted by atomic mass is 10.2. The second-order valence-electron chi connectivity index (χ2n) is 4.28. The number of benzene rings is 1. The number of ether oxygens (including phenoxy) is 1. The van der Waals surface area contributed by atoms with E-state index >= 15 is 0 Å². The average molecular weight is 403 g/mol. The summed E-state index contributed by atoms with van der Waals surface area (Å²) in [5.74, 6) is -1.37. The number of hydrogen-bond acceptors (Lipinski definition) is 4. The molecule has 0 saturated heterocycles. The first-order valence-corrected chi connectivity index (χ1v) is 8.96. The summed E-state index contributed by atoms with van der Waals surface area (Å²) < 4.78 is 41.1. The predicted octanol–water partition coefficient (Wildman–Crippen LogP) is 2.62. The van der Waals surface area contributed by atoms with E-state index in [1.165, 1.54) is 11.9 Å². The number of rotatable bonds is 6. The Hall–Kier alpha value is -0.700. The van der Waals surface area contributed by atoms with Gasteiger partial charge in [-0.2, -0.15) is 0 Å². The third-order valence-corrected chi connectivity index (χ3v) is 5.15. The highest BCUT2D eigenvalue weighted by atomic mass is 79.9. The van der Waals surface area contributed by atoms with E-state index in [1.807, 2.05) is 0 Å². The molecule has 1 aromatic rings. The second-order valence-corrected chi connectivity index (χ2v) is 7.60. The van der Waals surface area contributed by atoms with Gasteiger partial charge in [-0.25, -0.2) is 12.8 Å².